The summed E-state index contributed by atoms with van der Waals surface area (Å²) in [4.78, 5) is 24.9. The summed E-state index contributed by atoms with van der Waals surface area (Å²) in [6.45, 7) is 1.98. The molecule has 2 aliphatic rings. The Balaban J connectivity index is 1.39. The second kappa shape index (κ2) is 10.6. The van der Waals surface area contributed by atoms with Crippen LogP contribution < -0.4 is 10.2 Å². The fourth-order valence-corrected chi connectivity index (χ4v) is 5.82. The highest BCUT2D eigenvalue weighted by Crippen LogP contribution is 2.36. The van der Waals surface area contributed by atoms with Crippen molar-refractivity contribution in [3.8, 4) is 11.3 Å². The first-order valence-corrected chi connectivity index (χ1v) is 14.2. The lowest BCUT2D eigenvalue weighted by molar-refractivity contribution is 0.0706. The molecule has 0 unspecified atom stereocenters. The highest BCUT2D eigenvalue weighted by Gasteiger charge is 2.26. The number of fused-ring (bicyclic) bond motifs is 2. The van der Waals surface area contributed by atoms with E-state index in [0.29, 0.717) is 47.7 Å². The van der Waals surface area contributed by atoms with E-state index in [4.69, 9.17) is 9.72 Å². The summed E-state index contributed by atoms with van der Waals surface area (Å²) in [5.41, 5.74) is 4.14. The summed E-state index contributed by atoms with van der Waals surface area (Å²) >= 11 is 0. The molecule has 4 aromatic heterocycles. The summed E-state index contributed by atoms with van der Waals surface area (Å²) in [6.07, 6.45) is 9.68. The van der Waals surface area contributed by atoms with Crippen molar-refractivity contribution in [2.75, 3.05) is 25.2 Å². The van der Waals surface area contributed by atoms with E-state index in [2.05, 4.69) is 37.0 Å². The molecule has 7 rings (SSSR count). The SMILES string of the molecule is CN(Cc1ccccc1)c1cc(-c2cn(C3CCOCC3)c3ncc(F)cc23)nc2c(C(=O)NC3CCC3)cnn12. The van der Waals surface area contributed by atoms with Gasteiger partial charge in [-0.25, -0.2) is 14.4 Å². The van der Waals surface area contributed by atoms with Crippen molar-refractivity contribution >= 4 is 28.4 Å². The molecule has 5 aromatic rings. The number of anilines is 1. The van der Waals surface area contributed by atoms with Crippen LogP contribution in [0.2, 0.25) is 0 Å². The monoisotopic (exact) mass is 553 g/mol. The van der Waals surface area contributed by atoms with Crippen LogP contribution in [0.1, 0.15) is 54.1 Å². The minimum Gasteiger partial charge on any atom is -0.381 e. The number of rotatable bonds is 7. The Morgan fingerprint density at radius 3 is 2.66 bits per heavy atom. The average Bonchev–Trinajstić information content (AvgIpc) is 3.57. The number of hydrogen-bond acceptors (Lipinski definition) is 6. The molecule has 1 N–H and O–H groups in total. The fourth-order valence-electron chi connectivity index (χ4n) is 5.82. The van der Waals surface area contributed by atoms with Crippen LogP contribution in [-0.2, 0) is 11.3 Å². The lowest BCUT2D eigenvalue weighted by Crippen LogP contribution is -2.39. The van der Waals surface area contributed by atoms with E-state index in [1.807, 2.05) is 37.5 Å². The fraction of sp³-hybridized carbons (Fsp3) is 0.355. The minimum atomic E-state index is -0.407. The Hall–Kier alpha value is -4.31. The third-order valence-corrected chi connectivity index (χ3v) is 8.29. The van der Waals surface area contributed by atoms with E-state index in [9.17, 15) is 9.18 Å². The molecule has 210 valence electrons. The van der Waals surface area contributed by atoms with Gasteiger partial charge in [-0.15, -0.1) is 0 Å². The Bertz CT molecular complexity index is 1720. The summed E-state index contributed by atoms with van der Waals surface area (Å²) in [5, 5.41) is 8.41. The number of nitrogens with one attached hydrogen (secondary N) is 1. The van der Waals surface area contributed by atoms with Crippen LogP contribution in [0.3, 0.4) is 0 Å². The number of carbonyl (C=O) groups excluding carboxylic acids is 1. The van der Waals surface area contributed by atoms with Crippen LogP contribution in [0.25, 0.3) is 27.9 Å². The number of benzene rings is 1. The quantitative estimate of drug-likeness (QED) is 0.300. The smallest absolute Gasteiger partial charge is 0.256 e. The van der Waals surface area contributed by atoms with Crippen molar-refractivity contribution in [1.29, 1.82) is 0 Å². The van der Waals surface area contributed by atoms with E-state index < -0.39 is 5.82 Å². The maximum atomic E-state index is 14.6. The zero-order valence-corrected chi connectivity index (χ0v) is 23.0. The van der Waals surface area contributed by atoms with Crippen molar-refractivity contribution in [2.45, 2.75) is 50.7 Å². The summed E-state index contributed by atoms with van der Waals surface area (Å²) in [5.74, 6) is 0.187. The van der Waals surface area contributed by atoms with Gasteiger partial charge in [-0.2, -0.15) is 9.61 Å². The Morgan fingerprint density at radius 2 is 1.90 bits per heavy atom. The number of amides is 1. The van der Waals surface area contributed by atoms with Crippen LogP contribution in [0, 0.1) is 5.82 Å². The van der Waals surface area contributed by atoms with E-state index in [1.54, 1.807) is 10.7 Å². The molecule has 2 fully saturated rings. The van der Waals surface area contributed by atoms with Crippen molar-refractivity contribution in [1.82, 2.24) is 29.5 Å². The number of carbonyl (C=O) groups is 1. The van der Waals surface area contributed by atoms with Gasteiger partial charge in [-0.3, -0.25) is 4.79 Å². The van der Waals surface area contributed by atoms with Gasteiger partial charge in [0.1, 0.15) is 22.8 Å². The molecule has 0 bridgehead atoms. The third kappa shape index (κ3) is 4.82. The molecular formula is C31H32FN7O2. The van der Waals surface area contributed by atoms with E-state index >= 15 is 0 Å². The molecule has 1 saturated carbocycles. The molecule has 41 heavy (non-hydrogen) atoms. The topological polar surface area (TPSA) is 89.6 Å². The zero-order chi connectivity index (χ0) is 27.9. The van der Waals surface area contributed by atoms with Crippen LogP contribution in [0.5, 0.6) is 0 Å². The average molecular weight is 554 g/mol. The summed E-state index contributed by atoms with van der Waals surface area (Å²) < 4.78 is 24.0. The number of nitrogens with zero attached hydrogens (tertiary/aromatic N) is 6. The van der Waals surface area contributed by atoms with Crippen LogP contribution in [-0.4, -0.2) is 56.4 Å². The molecular weight excluding hydrogens is 521 g/mol. The Kier molecular flexibility index (Phi) is 6.62. The molecule has 0 radical (unpaired) electrons. The standard InChI is InChI=1S/C31H32FN7O2/c1-37(18-20-6-3-2-4-7-20)28-15-27(36-30-25(17-34-39(28)30)31(40)35-22-8-5-9-22)26-19-38(23-10-12-41-13-11-23)29-24(26)14-21(32)16-33-29/h2-4,6-7,14-17,19,22-23H,5,8-13,18H2,1H3,(H,35,40). The molecule has 1 aliphatic heterocycles. The molecule has 9 nitrogen and oxygen atoms in total. The molecule has 1 saturated heterocycles. The maximum Gasteiger partial charge on any atom is 0.256 e. The number of halogens is 1. The predicted molar refractivity (Wildman–Crippen MR) is 154 cm³/mol. The van der Waals surface area contributed by atoms with Gasteiger partial charge in [0.2, 0.25) is 0 Å². The minimum absolute atomic E-state index is 0.177. The van der Waals surface area contributed by atoms with Gasteiger partial charge in [0.15, 0.2) is 5.65 Å². The third-order valence-electron chi connectivity index (χ3n) is 8.29. The molecule has 10 heteroatoms. The van der Waals surface area contributed by atoms with Crippen LogP contribution in [0.15, 0.2) is 61.1 Å². The lowest BCUT2D eigenvalue weighted by Gasteiger charge is -2.26. The molecule has 0 spiro atoms. The molecule has 1 aliphatic carbocycles. The first kappa shape index (κ1) is 25.6. The zero-order valence-electron chi connectivity index (χ0n) is 23.0. The van der Waals surface area contributed by atoms with Crippen molar-refractivity contribution in [3.63, 3.8) is 0 Å². The van der Waals surface area contributed by atoms with Gasteiger partial charge in [0.05, 0.1) is 18.1 Å². The molecule has 0 atom stereocenters. The first-order valence-electron chi connectivity index (χ1n) is 14.2. The molecule has 5 heterocycles. The summed E-state index contributed by atoms with van der Waals surface area (Å²) in [6, 6.07) is 14.0. The largest absolute Gasteiger partial charge is 0.381 e. The van der Waals surface area contributed by atoms with E-state index in [1.165, 1.54) is 12.3 Å². The first-order chi connectivity index (χ1) is 20.0. The second-order valence-electron chi connectivity index (χ2n) is 11.1. The molecule has 1 amide bonds. The Labute approximate surface area is 237 Å². The normalized spacial score (nSPS) is 16.2. The van der Waals surface area contributed by atoms with Gasteiger partial charge in [0, 0.05) is 62.1 Å². The van der Waals surface area contributed by atoms with Gasteiger partial charge in [-0.1, -0.05) is 30.3 Å². The molecule has 1 aromatic carbocycles. The Morgan fingerprint density at radius 1 is 1.10 bits per heavy atom. The number of hydrogen-bond donors (Lipinski definition) is 1. The van der Waals surface area contributed by atoms with Gasteiger partial charge >= 0.3 is 0 Å². The number of pyridine rings is 1. The number of ether oxygens (including phenoxy) is 1. The van der Waals surface area contributed by atoms with Gasteiger partial charge in [0.25, 0.3) is 5.91 Å². The summed E-state index contributed by atoms with van der Waals surface area (Å²) in [7, 11) is 1.99. The highest BCUT2D eigenvalue weighted by molar-refractivity contribution is 6.01. The number of aromatic nitrogens is 5. The highest BCUT2D eigenvalue weighted by atomic mass is 19.1. The van der Waals surface area contributed by atoms with Crippen molar-refractivity contribution < 1.29 is 13.9 Å². The maximum absolute atomic E-state index is 14.6. The van der Waals surface area contributed by atoms with Crippen LogP contribution in [0.4, 0.5) is 10.2 Å². The van der Waals surface area contributed by atoms with E-state index in [0.717, 1.165) is 49.0 Å². The van der Waals surface area contributed by atoms with Gasteiger partial charge < -0.3 is 19.5 Å². The van der Waals surface area contributed by atoms with Crippen LogP contribution >= 0.6 is 0 Å². The van der Waals surface area contributed by atoms with Crippen molar-refractivity contribution in [2.24, 2.45) is 0 Å². The van der Waals surface area contributed by atoms with E-state index in [-0.39, 0.29) is 18.0 Å². The van der Waals surface area contributed by atoms with Gasteiger partial charge in [-0.05, 0) is 43.7 Å². The second-order valence-corrected chi connectivity index (χ2v) is 11.1. The lowest BCUT2D eigenvalue weighted by atomic mass is 9.93. The van der Waals surface area contributed by atoms with Crippen molar-refractivity contribution in [3.05, 3.63) is 78.0 Å². The predicted octanol–water partition coefficient (Wildman–Crippen LogP) is 5.16.